The van der Waals surface area contributed by atoms with Gasteiger partial charge in [0, 0.05) is 10.7 Å². The maximum atomic E-state index is 5.99. The van der Waals surface area contributed by atoms with E-state index < -0.39 is 0 Å². The van der Waals surface area contributed by atoms with Crippen LogP contribution in [0.4, 0.5) is 5.69 Å². The van der Waals surface area contributed by atoms with Crippen molar-refractivity contribution in [2.75, 3.05) is 5.73 Å². The number of rotatable bonds is 2. The van der Waals surface area contributed by atoms with Crippen LogP contribution in [0, 0.1) is 13.8 Å². The van der Waals surface area contributed by atoms with Crippen LogP contribution >= 0.6 is 11.6 Å². The summed E-state index contributed by atoms with van der Waals surface area (Å²) in [6, 6.07) is 12.2. The Bertz CT molecular complexity index is 547. The molecule has 2 heteroatoms. The van der Waals surface area contributed by atoms with E-state index in [4.69, 9.17) is 17.3 Å². The van der Waals surface area contributed by atoms with Crippen LogP contribution in [0.3, 0.4) is 0 Å². The lowest BCUT2D eigenvalue weighted by molar-refractivity contribution is 1.15. The largest absolute Gasteiger partial charge is 0.398 e. The molecule has 2 N–H and O–H groups in total. The Morgan fingerprint density at radius 3 is 2.59 bits per heavy atom. The molecule has 0 aliphatic heterocycles. The van der Waals surface area contributed by atoms with E-state index in [1.165, 1.54) is 16.7 Å². The molecular formula is C15H16ClN. The van der Waals surface area contributed by atoms with Gasteiger partial charge in [0.25, 0.3) is 0 Å². The molecule has 1 nitrogen and oxygen atoms in total. The minimum absolute atomic E-state index is 0.778. The van der Waals surface area contributed by atoms with Gasteiger partial charge in [-0.1, -0.05) is 29.8 Å². The van der Waals surface area contributed by atoms with Gasteiger partial charge in [0.05, 0.1) is 0 Å². The third-order valence-electron chi connectivity index (χ3n) is 2.98. The lowest BCUT2D eigenvalue weighted by Crippen LogP contribution is -1.98. The highest BCUT2D eigenvalue weighted by Gasteiger charge is 2.04. The lowest BCUT2D eigenvalue weighted by Gasteiger charge is -2.10. The predicted octanol–water partition coefficient (Wildman–Crippen LogP) is 4.13. The van der Waals surface area contributed by atoms with Crippen LogP contribution in [0.15, 0.2) is 36.4 Å². The van der Waals surface area contributed by atoms with Crippen LogP contribution < -0.4 is 5.73 Å². The topological polar surface area (TPSA) is 26.0 Å². The molecule has 17 heavy (non-hydrogen) atoms. The molecule has 0 atom stereocenters. The van der Waals surface area contributed by atoms with Gasteiger partial charge in [0.2, 0.25) is 0 Å². The van der Waals surface area contributed by atoms with Gasteiger partial charge in [-0.25, -0.2) is 0 Å². The zero-order valence-corrected chi connectivity index (χ0v) is 10.9. The summed E-state index contributed by atoms with van der Waals surface area (Å²) in [7, 11) is 0. The summed E-state index contributed by atoms with van der Waals surface area (Å²) in [5.74, 6) is 0. The fourth-order valence-corrected chi connectivity index (χ4v) is 2.23. The van der Waals surface area contributed by atoms with Crippen LogP contribution in [0.5, 0.6) is 0 Å². The number of nitrogen functional groups attached to an aromatic ring is 1. The molecule has 0 amide bonds. The van der Waals surface area contributed by atoms with Gasteiger partial charge in [-0.05, 0) is 60.7 Å². The number of aryl methyl sites for hydroxylation is 1. The molecule has 0 spiro atoms. The third kappa shape index (κ3) is 2.80. The minimum Gasteiger partial charge on any atom is -0.398 e. The Morgan fingerprint density at radius 2 is 1.88 bits per heavy atom. The number of benzene rings is 2. The number of nitrogens with two attached hydrogens (primary N) is 1. The maximum absolute atomic E-state index is 5.99. The van der Waals surface area contributed by atoms with Gasteiger partial charge in [-0.2, -0.15) is 0 Å². The Labute approximate surface area is 107 Å². The first-order valence-electron chi connectivity index (χ1n) is 5.66. The molecule has 0 bridgehead atoms. The minimum atomic E-state index is 0.778. The van der Waals surface area contributed by atoms with Gasteiger partial charge in [0.1, 0.15) is 0 Å². The van der Waals surface area contributed by atoms with Crippen molar-refractivity contribution in [3.63, 3.8) is 0 Å². The Hall–Kier alpha value is -1.47. The van der Waals surface area contributed by atoms with E-state index in [1.807, 2.05) is 24.3 Å². The first-order chi connectivity index (χ1) is 8.06. The molecule has 2 aromatic carbocycles. The highest BCUT2D eigenvalue weighted by molar-refractivity contribution is 6.30. The van der Waals surface area contributed by atoms with Gasteiger partial charge in [-0.3, -0.25) is 0 Å². The normalized spacial score (nSPS) is 10.5. The molecule has 0 aromatic heterocycles. The number of halogens is 1. The van der Waals surface area contributed by atoms with Crippen molar-refractivity contribution in [3.8, 4) is 0 Å². The second kappa shape index (κ2) is 4.80. The van der Waals surface area contributed by atoms with E-state index >= 15 is 0 Å². The summed E-state index contributed by atoms with van der Waals surface area (Å²) < 4.78 is 0. The highest BCUT2D eigenvalue weighted by Crippen LogP contribution is 2.22. The van der Waals surface area contributed by atoms with Crippen molar-refractivity contribution in [3.05, 3.63) is 63.7 Å². The maximum Gasteiger partial charge on any atom is 0.0408 e. The number of hydrogen-bond acceptors (Lipinski definition) is 1. The van der Waals surface area contributed by atoms with Gasteiger partial charge < -0.3 is 5.73 Å². The molecule has 0 heterocycles. The van der Waals surface area contributed by atoms with E-state index in [-0.39, 0.29) is 0 Å². The molecule has 88 valence electrons. The first kappa shape index (κ1) is 12.0. The van der Waals surface area contributed by atoms with Crippen molar-refractivity contribution in [1.29, 1.82) is 0 Å². The first-order valence-corrected chi connectivity index (χ1v) is 6.04. The van der Waals surface area contributed by atoms with Crippen molar-refractivity contribution >= 4 is 17.3 Å². The average Bonchev–Trinajstić information content (AvgIpc) is 2.25. The van der Waals surface area contributed by atoms with Crippen molar-refractivity contribution in [2.45, 2.75) is 20.3 Å². The summed E-state index contributed by atoms with van der Waals surface area (Å²) in [4.78, 5) is 0. The quantitative estimate of drug-likeness (QED) is 0.791. The molecule has 0 unspecified atom stereocenters. The molecular weight excluding hydrogens is 230 g/mol. The number of hydrogen-bond donors (Lipinski definition) is 1. The predicted molar refractivity (Wildman–Crippen MR) is 74.6 cm³/mol. The van der Waals surface area contributed by atoms with Crippen LogP contribution in [0.25, 0.3) is 0 Å². The summed E-state index contributed by atoms with van der Waals surface area (Å²) in [5, 5.41) is 0.778. The van der Waals surface area contributed by atoms with Crippen molar-refractivity contribution < 1.29 is 0 Å². The standard InChI is InChI=1S/C15H16ClN/c1-10-6-13(11(2)15(17)7-10)8-12-4-3-5-14(16)9-12/h3-7,9H,8,17H2,1-2H3. The van der Waals surface area contributed by atoms with Gasteiger partial charge >= 0.3 is 0 Å². The fourth-order valence-electron chi connectivity index (χ4n) is 2.01. The van der Waals surface area contributed by atoms with E-state index in [0.29, 0.717) is 0 Å². The molecule has 0 saturated heterocycles. The lowest BCUT2D eigenvalue weighted by atomic mass is 9.97. The molecule has 0 aliphatic carbocycles. The fraction of sp³-hybridized carbons (Fsp3) is 0.200. The Balaban J connectivity index is 2.36. The zero-order valence-electron chi connectivity index (χ0n) is 10.1. The van der Waals surface area contributed by atoms with Crippen molar-refractivity contribution in [1.82, 2.24) is 0 Å². The SMILES string of the molecule is Cc1cc(N)c(C)c(Cc2cccc(Cl)c2)c1. The van der Waals surface area contributed by atoms with Crippen LogP contribution in [-0.2, 0) is 6.42 Å². The van der Waals surface area contributed by atoms with E-state index in [0.717, 1.165) is 22.7 Å². The Morgan fingerprint density at radius 1 is 1.12 bits per heavy atom. The molecule has 0 aliphatic rings. The zero-order chi connectivity index (χ0) is 12.4. The summed E-state index contributed by atoms with van der Waals surface area (Å²) >= 11 is 5.99. The summed E-state index contributed by atoms with van der Waals surface area (Å²) in [6.07, 6.45) is 0.873. The Kier molecular flexibility index (Phi) is 3.39. The smallest absolute Gasteiger partial charge is 0.0408 e. The third-order valence-corrected chi connectivity index (χ3v) is 3.22. The van der Waals surface area contributed by atoms with Gasteiger partial charge in [0.15, 0.2) is 0 Å². The second-order valence-corrected chi connectivity index (χ2v) is 4.88. The molecule has 0 fully saturated rings. The van der Waals surface area contributed by atoms with Crippen LogP contribution in [0.2, 0.25) is 5.02 Å². The molecule has 0 radical (unpaired) electrons. The van der Waals surface area contributed by atoms with Crippen LogP contribution in [0.1, 0.15) is 22.3 Å². The van der Waals surface area contributed by atoms with E-state index in [9.17, 15) is 0 Å². The van der Waals surface area contributed by atoms with Gasteiger partial charge in [-0.15, -0.1) is 0 Å². The molecule has 2 aromatic rings. The molecule has 0 saturated carbocycles. The van der Waals surface area contributed by atoms with E-state index in [1.54, 1.807) is 0 Å². The average molecular weight is 246 g/mol. The second-order valence-electron chi connectivity index (χ2n) is 4.44. The van der Waals surface area contributed by atoms with E-state index in [2.05, 4.69) is 26.0 Å². The molecule has 2 rings (SSSR count). The van der Waals surface area contributed by atoms with Crippen molar-refractivity contribution in [2.24, 2.45) is 0 Å². The highest BCUT2D eigenvalue weighted by atomic mass is 35.5. The monoisotopic (exact) mass is 245 g/mol. The summed E-state index contributed by atoms with van der Waals surface area (Å²) in [6.45, 7) is 4.13. The number of anilines is 1. The van der Waals surface area contributed by atoms with Crippen LogP contribution in [-0.4, -0.2) is 0 Å². The summed E-state index contributed by atoms with van der Waals surface area (Å²) in [5.41, 5.74) is 11.7.